The van der Waals surface area contributed by atoms with E-state index < -0.39 is 11.4 Å². The van der Waals surface area contributed by atoms with Crippen molar-refractivity contribution >= 4 is 22.5 Å². The van der Waals surface area contributed by atoms with Gasteiger partial charge in [0.2, 0.25) is 0 Å². The molecule has 3 rings (SSSR count). The molecule has 0 saturated carbocycles. The van der Waals surface area contributed by atoms with Crippen LogP contribution in [-0.2, 0) is 0 Å². The Balaban J connectivity index is 2.24. The van der Waals surface area contributed by atoms with Gasteiger partial charge in [-0.3, -0.25) is 4.79 Å². The number of phenolic OH excluding ortho intramolecular Hbond substituents is 1. The maximum absolute atomic E-state index is 13.1. The summed E-state index contributed by atoms with van der Waals surface area (Å²) < 4.78 is 13.1. The fraction of sp³-hybridized carbons (Fsp3) is 0. The molecule has 0 bridgehead atoms. The van der Waals surface area contributed by atoms with Crippen molar-refractivity contribution in [2.24, 2.45) is 0 Å². The zero-order valence-electron chi connectivity index (χ0n) is 10.0. The number of fused-ring (bicyclic) bond motifs is 1. The minimum absolute atomic E-state index is 0.0550. The van der Waals surface area contributed by atoms with Crippen molar-refractivity contribution in [1.29, 1.82) is 0 Å². The first-order valence-electron chi connectivity index (χ1n) is 5.73. The van der Waals surface area contributed by atoms with Crippen LogP contribution in [0, 0.1) is 5.82 Å². The molecule has 0 aliphatic heterocycles. The molecule has 0 radical (unpaired) electrons. The predicted octanol–water partition coefficient (Wildman–Crippen LogP) is 3.09. The molecule has 6 heteroatoms. The molecule has 0 spiro atoms. The molecule has 0 aliphatic carbocycles. The third-order valence-corrected chi connectivity index (χ3v) is 3.19. The molecule has 20 heavy (non-hydrogen) atoms. The first kappa shape index (κ1) is 12.6. The van der Waals surface area contributed by atoms with E-state index in [4.69, 9.17) is 11.6 Å². The maximum Gasteiger partial charge on any atom is 0.259 e. The molecule has 100 valence electrons. The largest absolute Gasteiger partial charge is 0.506 e. The molecule has 1 aromatic heterocycles. The average Bonchev–Trinajstić information content (AvgIpc) is 2.42. The van der Waals surface area contributed by atoms with E-state index in [1.165, 1.54) is 24.3 Å². The van der Waals surface area contributed by atoms with Crippen molar-refractivity contribution < 1.29 is 9.50 Å². The highest BCUT2D eigenvalue weighted by atomic mass is 35.5. The van der Waals surface area contributed by atoms with E-state index in [1.807, 2.05) is 0 Å². The second-order valence-corrected chi connectivity index (χ2v) is 4.65. The predicted molar refractivity (Wildman–Crippen MR) is 74.4 cm³/mol. The molecule has 3 aromatic rings. The van der Waals surface area contributed by atoms with Crippen LogP contribution >= 0.6 is 11.6 Å². The lowest BCUT2D eigenvalue weighted by Crippen LogP contribution is -2.09. The summed E-state index contributed by atoms with van der Waals surface area (Å²) in [5, 5.41) is 9.72. The monoisotopic (exact) mass is 290 g/mol. The number of nitrogens with zero attached hydrogens (tertiary/aromatic N) is 1. The summed E-state index contributed by atoms with van der Waals surface area (Å²) in [6, 6.07) is 8.29. The number of halogens is 2. The summed E-state index contributed by atoms with van der Waals surface area (Å²) >= 11 is 5.82. The van der Waals surface area contributed by atoms with Crippen LogP contribution in [0.25, 0.3) is 22.3 Å². The number of hydrogen-bond donors (Lipinski definition) is 2. The van der Waals surface area contributed by atoms with Crippen molar-refractivity contribution in [1.82, 2.24) is 9.97 Å². The molecule has 0 saturated heterocycles. The van der Waals surface area contributed by atoms with E-state index in [0.717, 1.165) is 6.07 Å². The molecule has 4 nitrogen and oxygen atoms in total. The van der Waals surface area contributed by atoms with Crippen molar-refractivity contribution in [2.45, 2.75) is 0 Å². The van der Waals surface area contributed by atoms with E-state index >= 15 is 0 Å². The van der Waals surface area contributed by atoms with Crippen LogP contribution < -0.4 is 5.56 Å². The summed E-state index contributed by atoms with van der Waals surface area (Å²) in [6.45, 7) is 0. The fourth-order valence-electron chi connectivity index (χ4n) is 1.90. The van der Waals surface area contributed by atoms with Gasteiger partial charge in [-0.1, -0.05) is 11.6 Å². The van der Waals surface area contributed by atoms with Crippen LogP contribution in [0.4, 0.5) is 4.39 Å². The number of aromatic amines is 1. The molecule has 2 N–H and O–H groups in total. The fourth-order valence-corrected chi connectivity index (χ4v) is 2.08. The quantitative estimate of drug-likeness (QED) is 0.724. The Labute approximate surface area is 117 Å². The highest BCUT2D eigenvalue weighted by molar-refractivity contribution is 6.32. The average molecular weight is 291 g/mol. The molecule has 1 heterocycles. The number of aromatic nitrogens is 2. The van der Waals surface area contributed by atoms with E-state index in [-0.39, 0.29) is 16.2 Å². The molecular weight excluding hydrogens is 283 g/mol. The highest BCUT2D eigenvalue weighted by Crippen LogP contribution is 2.27. The van der Waals surface area contributed by atoms with Gasteiger partial charge in [0.1, 0.15) is 17.4 Å². The summed E-state index contributed by atoms with van der Waals surface area (Å²) in [6.07, 6.45) is 0. The molecule has 0 fully saturated rings. The van der Waals surface area contributed by atoms with Gasteiger partial charge in [-0.25, -0.2) is 9.37 Å². The topological polar surface area (TPSA) is 66.0 Å². The van der Waals surface area contributed by atoms with Crippen LogP contribution in [0.5, 0.6) is 5.75 Å². The van der Waals surface area contributed by atoms with Gasteiger partial charge in [-0.05, 0) is 36.4 Å². The number of hydrogen-bond acceptors (Lipinski definition) is 3. The van der Waals surface area contributed by atoms with Gasteiger partial charge < -0.3 is 10.1 Å². The lowest BCUT2D eigenvalue weighted by atomic mass is 10.2. The van der Waals surface area contributed by atoms with E-state index in [2.05, 4.69) is 9.97 Å². The van der Waals surface area contributed by atoms with Gasteiger partial charge in [0.15, 0.2) is 0 Å². The lowest BCUT2D eigenvalue weighted by molar-refractivity contribution is 0.475. The second kappa shape index (κ2) is 4.61. The van der Waals surface area contributed by atoms with E-state index in [1.54, 1.807) is 6.07 Å². The van der Waals surface area contributed by atoms with Gasteiger partial charge in [0.05, 0.1) is 15.9 Å². The maximum atomic E-state index is 13.1. The van der Waals surface area contributed by atoms with Crippen LogP contribution in [0.1, 0.15) is 0 Å². The second-order valence-electron chi connectivity index (χ2n) is 4.24. The standard InChI is InChI=1S/C14H8ClFN2O2/c15-10-5-7(1-4-12(10)19)13-17-11-3-2-8(16)6-9(11)14(20)18-13/h1-6,19H,(H,17,18,20). The minimum Gasteiger partial charge on any atom is -0.506 e. The normalized spacial score (nSPS) is 10.9. The van der Waals surface area contributed by atoms with Gasteiger partial charge in [-0.15, -0.1) is 0 Å². The first-order valence-corrected chi connectivity index (χ1v) is 6.11. The Morgan fingerprint density at radius 2 is 2.00 bits per heavy atom. The van der Waals surface area contributed by atoms with Crippen molar-refractivity contribution in [2.75, 3.05) is 0 Å². The van der Waals surface area contributed by atoms with E-state index in [0.29, 0.717) is 16.9 Å². The van der Waals surface area contributed by atoms with E-state index in [9.17, 15) is 14.3 Å². The van der Waals surface area contributed by atoms with Crippen LogP contribution in [-0.4, -0.2) is 15.1 Å². The lowest BCUT2D eigenvalue weighted by Gasteiger charge is -2.04. The molecular formula is C14H8ClFN2O2. The summed E-state index contributed by atoms with van der Waals surface area (Å²) in [5.74, 6) is -0.248. The molecule has 0 aliphatic rings. The molecule has 0 unspecified atom stereocenters. The van der Waals surface area contributed by atoms with Crippen molar-refractivity contribution in [3.05, 3.63) is 57.6 Å². The third-order valence-electron chi connectivity index (χ3n) is 2.89. The SMILES string of the molecule is O=c1[nH]c(-c2ccc(O)c(Cl)c2)nc2ccc(F)cc12. The Morgan fingerprint density at radius 1 is 1.20 bits per heavy atom. The van der Waals surface area contributed by atoms with Gasteiger partial charge in [0, 0.05) is 5.56 Å². The third kappa shape index (κ3) is 2.12. The number of benzene rings is 2. The summed E-state index contributed by atoms with van der Waals surface area (Å²) in [5.41, 5.74) is 0.499. The number of rotatable bonds is 1. The van der Waals surface area contributed by atoms with Crippen molar-refractivity contribution in [3.8, 4) is 17.1 Å². The zero-order valence-corrected chi connectivity index (χ0v) is 10.8. The number of phenols is 1. The first-order chi connectivity index (χ1) is 9.54. The number of aromatic hydroxyl groups is 1. The summed E-state index contributed by atoms with van der Waals surface area (Å²) in [4.78, 5) is 18.8. The Morgan fingerprint density at radius 3 is 2.75 bits per heavy atom. The summed E-state index contributed by atoms with van der Waals surface area (Å²) in [7, 11) is 0. The van der Waals surface area contributed by atoms with Gasteiger partial charge in [-0.2, -0.15) is 0 Å². The number of H-pyrrole nitrogens is 1. The Bertz CT molecular complexity index is 877. The van der Waals surface area contributed by atoms with Gasteiger partial charge in [0.25, 0.3) is 5.56 Å². The molecule has 2 aromatic carbocycles. The minimum atomic E-state index is -0.495. The van der Waals surface area contributed by atoms with Crippen molar-refractivity contribution in [3.63, 3.8) is 0 Å². The molecule has 0 atom stereocenters. The number of nitrogens with one attached hydrogen (secondary N) is 1. The smallest absolute Gasteiger partial charge is 0.259 e. The van der Waals surface area contributed by atoms with Crippen LogP contribution in [0.3, 0.4) is 0 Å². The molecule has 0 amide bonds. The van der Waals surface area contributed by atoms with Crippen LogP contribution in [0.2, 0.25) is 5.02 Å². The Hall–Kier alpha value is -2.40. The van der Waals surface area contributed by atoms with Gasteiger partial charge >= 0.3 is 0 Å². The Kier molecular flexibility index (Phi) is 2.91. The van der Waals surface area contributed by atoms with Crippen LogP contribution in [0.15, 0.2) is 41.2 Å². The highest BCUT2D eigenvalue weighted by Gasteiger charge is 2.08. The zero-order chi connectivity index (χ0) is 14.3.